The first kappa shape index (κ1) is 16.3. The topological polar surface area (TPSA) is 72.2 Å². The van der Waals surface area contributed by atoms with Crippen LogP contribution in [0.15, 0.2) is 23.1 Å². The van der Waals surface area contributed by atoms with E-state index >= 15 is 0 Å². The van der Waals surface area contributed by atoms with Crippen molar-refractivity contribution < 1.29 is 12.8 Å². The van der Waals surface area contributed by atoms with Crippen LogP contribution in [0.4, 0.5) is 4.39 Å². The van der Waals surface area contributed by atoms with Crippen molar-refractivity contribution in [2.45, 2.75) is 24.8 Å². The predicted octanol–water partition coefficient (Wildman–Crippen LogP) is 1.18. The zero-order chi connectivity index (χ0) is 12.3. The van der Waals surface area contributed by atoms with E-state index in [1.165, 1.54) is 12.1 Å². The van der Waals surface area contributed by atoms with Gasteiger partial charge in [0, 0.05) is 12.6 Å². The number of sulfonamides is 1. The summed E-state index contributed by atoms with van der Waals surface area (Å²) in [4.78, 5) is 0.0780. The lowest BCUT2D eigenvalue weighted by atomic mass is 10.2. The average Bonchev–Trinajstić information content (AvgIpc) is 2.16. The Morgan fingerprint density at radius 1 is 1.47 bits per heavy atom. The third-order valence-corrected chi connectivity index (χ3v) is 3.89. The number of hydrogen-bond donors (Lipinski definition) is 2. The highest BCUT2D eigenvalue weighted by Gasteiger charge is 2.18. The van der Waals surface area contributed by atoms with Crippen LogP contribution in [-0.4, -0.2) is 21.0 Å². The van der Waals surface area contributed by atoms with Crippen LogP contribution in [0.1, 0.15) is 12.5 Å². The van der Waals surface area contributed by atoms with E-state index in [-0.39, 0.29) is 29.9 Å². The minimum absolute atomic E-state index is 0. The monoisotopic (exact) mass is 282 g/mol. The molecule has 0 saturated carbocycles. The molecule has 0 aromatic heterocycles. The SMILES string of the molecule is Cc1cc(F)ccc1S(=O)(=O)N[C@H](C)CN.Cl. The van der Waals surface area contributed by atoms with E-state index < -0.39 is 15.8 Å². The second-order valence-corrected chi connectivity index (χ2v) is 5.35. The summed E-state index contributed by atoms with van der Waals surface area (Å²) in [7, 11) is -3.62. The number of hydrogen-bond acceptors (Lipinski definition) is 3. The van der Waals surface area contributed by atoms with E-state index in [9.17, 15) is 12.8 Å². The molecule has 0 aliphatic heterocycles. The Labute approximate surface area is 107 Å². The molecule has 17 heavy (non-hydrogen) atoms. The lowest BCUT2D eigenvalue weighted by molar-refractivity contribution is 0.561. The quantitative estimate of drug-likeness (QED) is 0.871. The Hall–Kier alpha value is -0.690. The Morgan fingerprint density at radius 3 is 2.53 bits per heavy atom. The van der Waals surface area contributed by atoms with E-state index in [0.717, 1.165) is 6.07 Å². The highest BCUT2D eigenvalue weighted by molar-refractivity contribution is 7.89. The first-order valence-corrected chi connectivity index (χ1v) is 6.33. The maximum atomic E-state index is 12.8. The minimum atomic E-state index is -3.62. The number of halogens is 2. The van der Waals surface area contributed by atoms with E-state index in [1.807, 2.05) is 0 Å². The van der Waals surface area contributed by atoms with Crippen molar-refractivity contribution in [3.63, 3.8) is 0 Å². The Balaban J connectivity index is 0.00000256. The van der Waals surface area contributed by atoms with Crippen LogP contribution in [0.2, 0.25) is 0 Å². The fourth-order valence-electron chi connectivity index (χ4n) is 1.29. The van der Waals surface area contributed by atoms with Gasteiger partial charge in [-0.05, 0) is 37.6 Å². The van der Waals surface area contributed by atoms with Gasteiger partial charge < -0.3 is 5.73 Å². The molecule has 1 aromatic carbocycles. The molecule has 1 atom stereocenters. The van der Waals surface area contributed by atoms with Crippen molar-refractivity contribution in [1.29, 1.82) is 0 Å². The van der Waals surface area contributed by atoms with Crippen LogP contribution >= 0.6 is 12.4 Å². The van der Waals surface area contributed by atoms with Crippen molar-refractivity contribution in [2.75, 3.05) is 6.54 Å². The molecule has 7 heteroatoms. The number of nitrogens with one attached hydrogen (secondary N) is 1. The smallest absolute Gasteiger partial charge is 0.241 e. The maximum absolute atomic E-state index is 12.8. The van der Waals surface area contributed by atoms with Crippen LogP contribution < -0.4 is 10.5 Å². The molecular formula is C10H16ClFN2O2S. The highest BCUT2D eigenvalue weighted by Crippen LogP contribution is 2.16. The van der Waals surface area contributed by atoms with E-state index in [4.69, 9.17) is 5.73 Å². The third-order valence-electron chi connectivity index (χ3n) is 2.14. The fraction of sp³-hybridized carbons (Fsp3) is 0.400. The number of rotatable bonds is 4. The van der Waals surface area contributed by atoms with Gasteiger partial charge in [-0.3, -0.25) is 0 Å². The Morgan fingerprint density at radius 2 is 2.06 bits per heavy atom. The van der Waals surface area contributed by atoms with Crippen molar-refractivity contribution in [1.82, 2.24) is 4.72 Å². The van der Waals surface area contributed by atoms with Gasteiger partial charge in [-0.2, -0.15) is 0 Å². The van der Waals surface area contributed by atoms with E-state index in [2.05, 4.69) is 4.72 Å². The summed E-state index contributed by atoms with van der Waals surface area (Å²) in [5.74, 6) is -0.455. The van der Waals surface area contributed by atoms with Crippen LogP contribution in [0.3, 0.4) is 0 Å². The Bertz CT molecular complexity index is 479. The van der Waals surface area contributed by atoms with Gasteiger partial charge in [0.25, 0.3) is 0 Å². The van der Waals surface area contributed by atoms with Gasteiger partial charge in [0.15, 0.2) is 0 Å². The molecule has 4 nitrogen and oxygen atoms in total. The summed E-state index contributed by atoms with van der Waals surface area (Å²) in [6.07, 6.45) is 0. The molecule has 0 bridgehead atoms. The normalized spacial score (nSPS) is 12.9. The first-order valence-electron chi connectivity index (χ1n) is 4.85. The molecule has 0 amide bonds. The van der Waals surface area contributed by atoms with Crippen LogP contribution in [0, 0.1) is 12.7 Å². The summed E-state index contributed by atoms with van der Waals surface area (Å²) in [5.41, 5.74) is 5.70. The lowest BCUT2D eigenvalue weighted by Gasteiger charge is -2.13. The number of nitrogens with two attached hydrogens (primary N) is 1. The highest BCUT2D eigenvalue weighted by atomic mass is 35.5. The molecule has 0 unspecified atom stereocenters. The second-order valence-electron chi connectivity index (χ2n) is 3.67. The zero-order valence-electron chi connectivity index (χ0n) is 9.60. The van der Waals surface area contributed by atoms with Crippen molar-refractivity contribution in [2.24, 2.45) is 5.73 Å². The summed E-state index contributed by atoms with van der Waals surface area (Å²) in [6.45, 7) is 3.42. The molecule has 1 aromatic rings. The van der Waals surface area contributed by atoms with E-state index in [0.29, 0.717) is 5.56 Å². The lowest BCUT2D eigenvalue weighted by Crippen LogP contribution is -2.38. The maximum Gasteiger partial charge on any atom is 0.241 e. The second kappa shape index (κ2) is 6.30. The summed E-state index contributed by atoms with van der Waals surface area (Å²) < 4.78 is 38.9. The van der Waals surface area contributed by atoms with Gasteiger partial charge in [-0.1, -0.05) is 0 Å². The van der Waals surface area contributed by atoms with Gasteiger partial charge in [0.1, 0.15) is 5.82 Å². The first-order chi connectivity index (χ1) is 7.36. The Kier molecular flexibility index (Phi) is 6.04. The largest absolute Gasteiger partial charge is 0.329 e. The van der Waals surface area contributed by atoms with Crippen LogP contribution in [0.5, 0.6) is 0 Å². The summed E-state index contributed by atoms with van der Waals surface area (Å²) in [5, 5.41) is 0. The molecule has 3 N–H and O–H groups in total. The predicted molar refractivity (Wildman–Crippen MR) is 67.2 cm³/mol. The van der Waals surface area contributed by atoms with Crippen molar-refractivity contribution in [3.8, 4) is 0 Å². The zero-order valence-corrected chi connectivity index (χ0v) is 11.2. The van der Waals surface area contributed by atoms with Gasteiger partial charge in [0.2, 0.25) is 10.0 Å². The van der Waals surface area contributed by atoms with Crippen molar-refractivity contribution in [3.05, 3.63) is 29.6 Å². The molecule has 0 heterocycles. The third kappa shape index (κ3) is 4.23. The number of aryl methyl sites for hydroxylation is 1. The average molecular weight is 283 g/mol. The minimum Gasteiger partial charge on any atom is -0.329 e. The standard InChI is InChI=1S/C10H15FN2O2S.ClH/c1-7-5-9(11)3-4-10(7)16(14,15)13-8(2)6-12;/h3-5,8,13H,6,12H2,1-2H3;1H/t8-;/m1./s1. The van der Waals surface area contributed by atoms with Gasteiger partial charge in [-0.15, -0.1) is 12.4 Å². The van der Waals surface area contributed by atoms with Gasteiger partial charge in [0.05, 0.1) is 4.90 Å². The summed E-state index contributed by atoms with van der Waals surface area (Å²) in [6, 6.07) is 3.20. The molecular weight excluding hydrogens is 267 g/mol. The molecule has 1 rings (SSSR count). The molecule has 0 saturated heterocycles. The van der Waals surface area contributed by atoms with Gasteiger partial charge in [-0.25, -0.2) is 17.5 Å². The summed E-state index contributed by atoms with van der Waals surface area (Å²) >= 11 is 0. The molecule has 0 fully saturated rings. The molecule has 0 radical (unpaired) electrons. The molecule has 0 aliphatic carbocycles. The van der Waals surface area contributed by atoms with E-state index in [1.54, 1.807) is 13.8 Å². The molecule has 0 aliphatic rings. The molecule has 0 spiro atoms. The fourth-order valence-corrected chi connectivity index (χ4v) is 2.77. The number of benzene rings is 1. The molecule has 98 valence electrons. The van der Waals surface area contributed by atoms with Gasteiger partial charge >= 0.3 is 0 Å². The van der Waals surface area contributed by atoms with Crippen LogP contribution in [0.25, 0.3) is 0 Å². The van der Waals surface area contributed by atoms with Crippen molar-refractivity contribution >= 4 is 22.4 Å². The van der Waals surface area contributed by atoms with Crippen LogP contribution in [-0.2, 0) is 10.0 Å².